The summed E-state index contributed by atoms with van der Waals surface area (Å²) in [6, 6.07) is 12.1. The van der Waals surface area contributed by atoms with Gasteiger partial charge in [0.25, 0.3) is 0 Å². The van der Waals surface area contributed by atoms with E-state index >= 15 is 0 Å². The number of methoxy groups -OCH3 is 2. The van der Waals surface area contributed by atoms with Crippen LogP contribution < -0.4 is 9.47 Å². The Morgan fingerprint density at radius 2 is 1.60 bits per heavy atom. The minimum atomic E-state index is -3.73. The third-order valence-corrected chi connectivity index (χ3v) is 6.79. The SMILES string of the molecule is COC(=O)c1ccc(OC(=O)C2CCCN(S(=O)(=O)c3ccc(OC)cc3)C2)cc1. The number of ether oxygens (including phenoxy) is 3. The van der Waals surface area contributed by atoms with Gasteiger partial charge in [-0.3, -0.25) is 4.79 Å². The maximum Gasteiger partial charge on any atom is 0.337 e. The molecule has 0 saturated carbocycles. The molecule has 2 aromatic rings. The maximum atomic E-state index is 12.9. The van der Waals surface area contributed by atoms with Gasteiger partial charge in [-0.15, -0.1) is 0 Å². The highest BCUT2D eigenvalue weighted by atomic mass is 32.2. The molecule has 9 heteroatoms. The third kappa shape index (κ3) is 4.80. The van der Waals surface area contributed by atoms with Gasteiger partial charge in [0.2, 0.25) is 10.0 Å². The van der Waals surface area contributed by atoms with Crippen LogP contribution in [0.15, 0.2) is 53.4 Å². The van der Waals surface area contributed by atoms with Gasteiger partial charge in [0.1, 0.15) is 11.5 Å². The molecule has 0 amide bonds. The van der Waals surface area contributed by atoms with Crippen LogP contribution in [0.4, 0.5) is 0 Å². The van der Waals surface area contributed by atoms with Gasteiger partial charge >= 0.3 is 11.9 Å². The summed E-state index contributed by atoms with van der Waals surface area (Å²) in [6.07, 6.45) is 1.09. The van der Waals surface area contributed by atoms with Crippen molar-refractivity contribution < 1.29 is 32.2 Å². The van der Waals surface area contributed by atoms with Gasteiger partial charge in [-0.25, -0.2) is 13.2 Å². The van der Waals surface area contributed by atoms with Crippen LogP contribution in [0.1, 0.15) is 23.2 Å². The lowest BCUT2D eigenvalue weighted by Gasteiger charge is -2.30. The standard InChI is InChI=1S/C21H23NO7S/c1-27-17-9-11-19(12-10-17)30(25,26)22-13-3-4-16(14-22)21(24)29-18-7-5-15(6-8-18)20(23)28-2/h5-12,16H,3-4,13-14H2,1-2H3. The van der Waals surface area contributed by atoms with E-state index in [0.29, 0.717) is 30.7 Å². The summed E-state index contributed by atoms with van der Waals surface area (Å²) >= 11 is 0. The van der Waals surface area contributed by atoms with Crippen LogP contribution in [0, 0.1) is 5.92 Å². The molecule has 2 aromatic carbocycles. The number of carbonyl (C=O) groups excluding carboxylic acids is 2. The number of esters is 2. The number of benzene rings is 2. The highest BCUT2D eigenvalue weighted by Crippen LogP contribution is 2.26. The zero-order valence-electron chi connectivity index (χ0n) is 16.7. The second-order valence-electron chi connectivity index (χ2n) is 6.81. The van der Waals surface area contributed by atoms with Crippen molar-refractivity contribution in [2.45, 2.75) is 17.7 Å². The lowest BCUT2D eigenvalue weighted by atomic mass is 10.00. The Labute approximate surface area is 175 Å². The van der Waals surface area contributed by atoms with Crippen molar-refractivity contribution in [3.63, 3.8) is 0 Å². The average molecular weight is 433 g/mol. The second-order valence-corrected chi connectivity index (χ2v) is 8.75. The van der Waals surface area contributed by atoms with Gasteiger partial charge in [-0.05, 0) is 61.4 Å². The van der Waals surface area contributed by atoms with Crippen LogP contribution in [-0.4, -0.2) is 52.0 Å². The molecule has 0 N–H and O–H groups in total. The Kier molecular flexibility index (Phi) is 6.73. The molecule has 8 nitrogen and oxygen atoms in total. The molecule has 1 saturated heterocycles. The molecular formula is C21H23NO7S. The predicted octanol–water partition coefficient (Wildman–Crippen LogP) is 2.49. The van der Waals surface area contributed by atoms with Gasteiger partial charge in [-0.1, -0.05) is 0 Å². The number of hydrogen-bond donors (Lipinski definition) is 0. The van der Waals surface area contributed by atoms with Crippen molar-refractivity contribution >= 4 is 22.0 Å². The first-order chi connectivity index (χ1) is 14.3. The number of hydrogen-bond acceptors (Lipinski definition) is 7. The fourth-order valence-electron chi connectivity index (χ4n) is 3.23. The molecule has 0 aliphatic carbocycles. The Balaban J connectivity index is 1.67. The molecular weight excluding hydrogens is 410 g/mol. The monoisotopic (exact) mass is 433 g/mol. The molecule has 160 valence electrons. The summed E-state index contributed by atoms with van der Waals surface area (Å²) in [5, 5.41) is 0. The Hall–Kier alpha value is -2.91. The molecule has 1 unspecified atom stereocenters. The molecule has 1 heterocycles. The topological polar surface area (TPSA) is 99.2 Å². The van der Waals surface area contributed by atoms with Crippen LogP contribution in [0.5, 0.6) is 11.5 Å². The molecule has 1 aliphatic heterocycles. The van der Waals surface area contributed by atoms with Crippen molar-refractivity contribution in [1.82, 2.24) is 4.31 Å². The Bertz CT molecular complexity index is 1000. The van der Waals surface area contributed by atoms with Crippen molar-refractivity contribution in [1.29, 1.82) is 0 Å². The Morgan fingerprint density at radius 1 is 0.967 bits per heavy atom. The number of sulfonamides is 1. The number of piperidine rings is 1. The molecule has 1 atom stereocenters. The largest absolute Gasteiger partial charge is 0.497 e. The normalized spacial score (nSPS) is 17.2. The smallest absolute Gasteiger partial charge is 0.337 e. The van der Waals surface area contributed by atoms with Crippen molar-refractivity contribution in [2.24, 2.45) is 5.92 Å². The summed E-state index contributed by atoms with van der Waals surface area (Å²) in [6.45, 7) is 0.388. The summed E-state index contributed by atoms with van der Waals surface area (Å²) < 4.78 is 42.3. The van der Waals surface area contributed by atoms with E-state index in [1.165, 1.54) is 54.9 Å². The molecule has 30 heavy (non-hydrogen) atoms. The molecule has 1 fully saturated rings. The molecule has 0 spiro atoms. The average Bonchev–Trinajstić information content (AvgIpc) is 2.79. The number of nitrogens with zero attached hydrogens (tertiary/aromatic N) is 1. The van der Waals surface area contributed by atoms with E-state index in [1.807, 2.05) is 0 Å². The van der Waals surface area contributed by atoms with Crippen LogP contribution in [0.2, 0.25) is 0 Å². The van der Waals surface area contributed by atoms with Crippen molar-refractivity contribution in [3.8, 4) is 11.5 Å². The molecule has 0 radical (unpaired) electrons. The van der Waals surface area contributed by atoms with E-state index in [0.717, 1.165) is 0 Å². The van der Waals surface area contributed by atoms with Crippen molar-refractivity contribution in [3.05, 3.63) is 54.1 Å². The van der Waals surface area contributed by atoms with Gasteiger partial charge < -0.3 is 14.2 Å². The van der Waals surface area contributed by atoms with Gasteiger partial charge in [0, 0.05) is 13.1 Å². The molecule has 0 bridgehead atoms. The highest BCUT2D eigenvalue weighted by molar-refractivity contribution is 7.89. The first-order valence-electron chi connectivity index (χ1n) is 9.39. The van der Waals surface area contributed by atoms with Crippen LogP contribution in [-0.2, 0) is 19.6 Å². The third-order valence-electron chi connectivity index (χ3n) is 4.91. The number of rotatable bonds is 6. The van der Waals surface area contributed by atoms with E-state index in [-0.39, 0.29) is 17.2 Å². The molecule has 3 rings (SSSR count). The predicted molar refractivity (Wildman–Crippen MR) is 108 cm³/mol. The van der Waals surface area contributed by atoms with E-state index in [4.69, 9.17) is 9.47 Å². The first-order valence-corrected chi connectivity index (χ1v) is 10.8. The lowest BCUT2D eigenvalue weighted by molar-refractivity contribution is -0.140. The van der Waals surface area contributed by atoms with Crippen LogP contribution in [0.25, 0.3) is 0 Å². The van der Waals surface area contributed by atoms with Gasteiger partial charge in [-0.2, -0.15) is 4.31 Å². The maximum absolute atomic E-state index is 12.9. The summed E-state index contributed by atoms with van der Waals surface area (Å²) in [5.41, 5.74) is 0.340. The number of carbonyl (C=O) groups is 2. The lowest BCUT2D eigenvalue weighted by Crippen LogP contribution is -2.43. The van der Waals surface area contributed by atoms with E-state index in [2.05, 4.69) is 4.74 Å². The van der Waals surface area contributed by atoms with E-state index < -0.39 is 27.9 Å². The quantitative estimate of drug-likeness (QED) is 0.510. The summed E-state index contributed by atoms with van der Waals surface area (Å²) in [4.78, 5) is 24.2. The minimum absolute atomic E-state index is 0.0490. The fourth-order valence-corrected chi connectivity index (χ4v) is 4.75. The fraction of sp³-hybridized carbons (Fsp3) is 0.333. The zero-order valence-corrected chi connectivity index (χ0v) is 17.6. The zero-order chi connectivity index (χ0) is 21.7. The molecule has 0 aromatic heterocycles. The first kappa shape index (κ1) is 21.8. The van der Waals surface area contributed by atoms with Gasteiger partial charge in [0.05, 0.1) is 30.6 Å². The molecule has 1 aliphatic rings. The minimum Gasteiger partial charge on any atom is -0.497 e. The van der Waals surface area contributed by atoms with E-state index in [9.17, 15) is 18.0 Å². The van der Waals surface area contributed by atoms with Crippen LogP contribution >= 0.6 is 0 Å². The van der Waals surface area contributed by atoms with Crippen molar-refractivity contribution in [2.75, 3.05) is 27.3 Å². The highest BCUT2D eigenvalue weighted by Gasteiger charge is 2.34. The van der Waals surface area contributed by atoms with Crippen LogP contribution in [0.3, 0.4) is 0 Å². The van der Waals surface area contributed by atoms with E-state index in [1.54, 1.807) is 12.1 Å². The second kappa shape index (κ2) is 9.27. The van der Waals surface area contributed by atoms with Gasteiger partial charge in [0.15, 0.2) is 0 Å². The summed E-state index contributed by atoms with van der Waals surface area (Å²) in [5.74, 6) is -0.725. The Morgan fingerprint density at radius 3 is 2.20 bits per heavy atom. The summed E-state index contributed by atoms with van der Waals surface area (Å²) in [7, 11) is -0.936.